The van der Waals surface area contributed by atoms with Gasteiger partial charge in [-0.05, 0) is 81.7 Å². The van der Waals surface area contributed by atoms with Crippen molar-refractivity contribution in [2.24, 2.45) is 10.8 Å². The number of phenolic OH excluding ortho intramolecular Hbond substituents is 2. The maximum atomic E-state index is 11.3. The number of aryl methyl sites for hydroxylation is 2. The first-order valence-corrected chi connectivity index (χ1v) is 15.0. The predicted molar refractivity (Wildman–Crippen MR) is 163 cm³/mol. The lowest BCUT2D eigenvalue weighted by atomic mass is 9.72. The molecule has 2 rings (SSSR count). The Morgan fingerprint density at radius 2 is 0.892 bits per heavy atom. The summed E-state index contributed by atoms with van der Waals surface area (Å²) in [6, 6.07) is 8.74. The molecule has 0 radical (unpaired) electrons. The van der Waals surface area contributed by atoms with Crippen molar-refractivity contribution in [3.63, 3.8) is 0 Å². The van der Waals surface area contributed by atoms with E-state index in [1.165, 1.54) is 22.9 Å². The smallest absolute Gasteiger partial charge is 0.132 e. The van der Waals surface area contributed by atoms with Gasteiger partial charge in [0.05, 0.1) is 9.79 Å². The number of phenols is 2. The molecule has 3 heteroatoms. The van der Waals surface area contributed by atoms with Gasteiger partial charge in [0, 0.05) is 0 Å². The standard InChI is InChI=1S/C34H54O2S/c1-13-15-23-17-25(33(9,10)21-31(3,4)5)19-27(29(23)35)37-28-20-26(18-24(16-14-2)30(28)36)34(11,12)22-32(6,7)8/h17-20,35-36H,13-16,21-22H2,1-12H3. The van der Waals surface area contributed by atoms with Gasteiger partial charge in [-0.3, -0.25) is 0 Å². The molecule has 0 aromatic heterocycles. The first-order chi connectivity index (χ1) is 16.8. The third kappa shape index (κ3) is 8.70. The summed E-state index contributed by atoms with van der Waals surface area (Å²) >= 11 is 1.52. The topological polar surface area (TPSA) is 40.5 Å². The maximum absolute atomic E-state index is 11.3. The summed E-state index contributed by atoms with van der Waals surface area (Å²) in [5, 5.41) is 22.7. The minimum absolute atomic E-state index is 0.0320. The van der Waals surface area contributed by atoms with E-state index in [0.29, 0.717) is 11.5 Å². The van der Waals surface area contributed by atoms with Crippen LogP contribution in [0.2, 0.25) is 0 Å². The van der Waals surface area contributed by atoms with Gasteiger partial charge in [0.2, 0.25) is 0 Å². The average Bonchev–Trinajstić information content (AvgIpc) is 2.70. The summed E-state index contributed by atoms with van der Waals surface area (Å²) < 4.78 is 0. The van der Waals surface area contributed by atoms with Crippen LogP contribution in [0.15, 0.2) is 34.1 Å². The first kappa shape index (κ1) is 31.6. The van der Waals surface area contributed by atoms with Crippen LogP contribution in [0.25, 0.3) is 0 Å². The Balaban J connectivity index is 2.68. The number of hydrogen-bond acceptors (Lipinski definition) is 3. The van der Waals surface area contributed by atoms with Crippen LogP contribution in [0.3, 0.4) is 0 Å². The van der Waals surface area contributed by atoms with E-state index in [2.05, 4.69) is 107 Å². The fourth-order valence-corrected chi connectivity index (χ4v) is 7.23. The summed E-state index contributed by atoms with van der Waals surface area (Å²) in [6.45, 7) is 27.3. The van der Waals surface area contributed by atoms with E-state index in [0.717, 1.165) is 59.4 Å². The van der Waals surface area contributed by atoms with Crippen molar-refractivity contribution in [2.75, 3.05) is 0 Å². The summed E-state index contributed by atoms with van der Waals surface area (Å²) in [5.41, 5.74) is 4.84. The zero-order chi connectivity index (χ0) is 28.4. The van der Waals surface area contributed by atoms with Crippen LogP contribution in [-0.2, 0) is 23.7 Å². The minimum atomic E-state index is -0.0320. The van der Waals surface area contributed by atoms with Crippen LogP contribution >= 0.6 is 11.8 Å². The van der Waals surface area contributed by atoms with E-state index < -0.39 is 0 Å². The van der Waals surface area contributed by atoms with Gasteiger partial charge in [-0.25, -0.2) is 0 Å². The van der Waals surface area contributed by atoms with E-state index in [1.54, 1.807) is 0 Å². The molecular formula is C34H54O2S. The van der Waals surface area contributed by atoms with Crippen LogP contribution in [0.4, 0.5) is 0 Å². The van der Waals surface area contributed by atoms with Crippen molar-refractivity contribution in [1.29, 1.82) is 0 Å². The van der Waals surface area contributed by atoms with Crippen molar-refractivity contribution >= 4 is 11.8 Å². The molecule has 0 amide bonds. The number of benzene rings is 2. The van der Waals surface area contributed by atoms with Gasteiger partial charge >= 0.3 is 0 Å². The highest BCUT2D eigenvalue weighted by Gasteiger charge is 2.31. The van der Waals surface area contributed by atoms with E-state index in [4.69, 9.17) is 0 Å². The molecule has 37 heavy (non-hydrogen) atoms. The molecule has 2 aromatic carbocycles. The molecule has 208 valence electrons. The third-order valence-corrected chi connectivity index (χ3v) is 8.14. The Bertz CT molecular complexity index is 979. The van der Waals surface area contributed by atoms with Crippen molar-refractivity contribution in [3.8, 4) is 11.5 Å². The Hall–Kier alpha value is -1.61. The fourth-order valence-electron chi connectivity index (χ4n) is 6.16. The van der Waals surface area contributed by atoms with Gasteiger partial charge in [-0.1, -0.05) is 120 Å². The van der Waals surface area contributed by atoms with Crippen LogP contribution in [-0.4, -0.2) is 10.2 Å². The lowest BCUT2D eigenvalue weighted by molar-refractivity contribution is 0.283. The highest BCUT2D eigenvalue weighted by molar-refractivity contribution is 7.99. The molecule has 0 bridgehead atoms. The quantitative estimate of drug-likeness (QED) is 0.323. The summed E-state index contributed by atoms with van der Waals surface area (Å²) in [7, 11) is 0. The predicted octanol–water partition coefficient (Wildman–Crippen LogP) is 10.6. The molecule has 0 saturated carbocycles. The van der Waals surface area contributed by atoms with E-state index >= 15 is 0 Å². The zero-order valence-corrected chi connectivity index (χ0v) is 26.7. The molecule has 0 aliphatic carbocycles. The van der Waals surface area contributed by atoms with E-state index in [1.807, 2.05) is 0 Å². The fraction of sp³-hybridized carbons (Fsp3) is 0.647. The maximum Gasteiger partial charge on any atom is 0.132 e. The average molecular weight is 527 g/mol. The highest BCUT2D eigenvalue weighted by Crippen LogP contribution is 2.47. The van der Waals surface area contributed by atoms with Gasteiger partial charge in [-0.15, -0.1) is 0 Å². The molecule has 2 nitrogen and oxygen atoms in total. The number of rotatable bonds is 10. The van der Waals surface area contributed by atoms with Crippen molar-refractivity contribution in [3.05, 3.63) is 46.5 Å². The Morgan fingerprint density at radius 3 is 1.16 bits per heavy atom. The highest BCUT2D eigenvalue weighted by atomic mass is 32.2. The molecule has 2 aromatic rings. The van der Waals surface area contributed by atoms with Crippen LogP contribution in [0, 0.1) is 10.8 Å². The third-order valence-electron chi connectivity index (χ3n) is 7.07. The second-order valence-corrected chi connectivity index (χ2v) is 15.9. The number of aromatic hydroxyl groups is 2. The monoisotopic (exact) mass is 526 g/mol. The van der Waals surface area contributed by atoms with Crippen LogP contribution in [0.5, 0.6) is 11.5 Å². The van der Waals surface area contributed by atoms with Gasteiger partial charge in [0.1, 0.15) is 11.5 Å². The van der Waals surface area contributed by atoms with Gasteiger partial charge in [-0.2, -0.15) is 0 Å². The Kier molecular flexibility index (Phi) is 9.94. The van der Waals surface area contributed by atoms with Crippen LogP contribution in [0.1, 0.15) is 131 Å². The lowest BCUT2D eigenvalue weighted by Crippen LogP contribution is -2.25. The first-order valence-electron chi connectivity index (χ1n) is 14.2. The lowest BCUT2D eigenvalue weighted by Gasteiger charge is -2.34. The normalized spacial score (nSPS) is 13.3. The SMILES string of the molecule is CCCc1cc(C(C)(C)CC(C)(C)C)cc(Sc2cc(C(C)(C)CC(C)(C)C)cc(CCC)c2O)c1O. The minimum Gasteiger partial charge on any atom is -0.506 e. The van der Waals surface area contributed by atoms with Crippen molar-refractivity contribution < 1.29 is 10.2 Å². The second-order valence-electron chi connectivity index (χ2n) is 14.8. The van der Waals surface area contributed by atoms with Crippen LogP contribution < -0.4 is 0 Å². The molecule has 0 spiro atoms. The van der Waals surface area contributed by atoms with Gasteiger partial charge < -0.3 is 10.2 Å². The summed E-state index contributed by atoms with van der Waals surface area (Å²) in [4.78, 5) is 1.68. The largest absolute Gasteiger partial charge is 0.506 e. The molecule has 0 saturated heterocycles. The molecular weight excluding hydrogens is 472 g/mol. The Labute approximate surface area is 232 Å². The summed E-state index contributed by atoms with van der Waals surface area (Å²) in [5.74, 6) is 0.718. The second kappa shape index (κ2) is 11.6. The molecule has 0 fully saturated rings. The van der Waals surface area contributed by atoms with Crippen molar-refractivity contribution in [1.82, 2.24) is 0 Å². The van der Waals surface area contributed by atoms with E-state index in [-0.39, 0.29) is 21.7 Å². The van der Waals surface area contributed by atoms with Gasteiger partial charge in [0.15, 0.2) is 0 Å². The molecule has 2 N–H and O–H groups in total. The number of hydrogen-bond donors (Lipinski definition) is 2. The molecule has 0 atom stereocenters. The van der Waals surface area contributed by atoms with Crippen molar-refractivity contribution in [2.45, 2.75) is 142 Å². The van der Waals surface area contributed by atoms with Gasteiger partial charge in [0.25, 0.3) is 0 Å². The Morgan fingerprint density at radius 1 is 0.568 bits per heavy atom. The summed E-state index contributed by atoms with van der Waals surface area (Å²) in [6.07, 6.45) is 5.72. The molecule has 0 unspecified atom stereocenters. The molecule has 0 aliphatic rings. The molecule has 0 aliphatic heterocycles. The van der Waals surface area contributed by atoms with E-state index in [9.17, 15) is 10.2 Å². The molecule has 0 heterocycles. The zero-order valence-electron chi connectivity index (χ0n) is 25.9.